The molecule has 0 spiro atoms. The molecule has 1 aromatic carbocycles. The highest BCUT2D eigenvalue weighted by molar-refractivity contribution is 5.95. The maximum absolute atomic E-state index is 12.3. The molecule has 1 aliphatic rings. The summed E-state index contributed by atoms with van der Waals surface area (Å²) >= 11 is 0. The van der Waals surface area contributed by atoms with E-state index < -0.39 is 29.6 Å². The van der Waals surface area contributed by atoms with Gasteiger partial charge in [0.15, 0.2) is 5.60 Å². The topological polar surface area (TPSA) is 82.1 Å². The monoisotopic (exact) mass is 462 g/mol. The molecule has 2 rings (SSSR count). The summed E-state index contributed by atoms with van der Waals surface area (Å²) in [5.74, 6) is -0.344. The lowest BCUT2D eigenvalue weighted by Gasteiger charge is -2.28. The van der Waals surface area contributed by atoms with Crippen molar-refractivity contribution >= 4 is 11.9 Å². The van der Waals surface area contributed by atoms with Crippen molar-refractivity contribution in [1.82, 2.24) is 0 Å². The highest BCUT2D eigenvalue weighted by Gasteiger charge is 2.47. The second-order valence-corrected chi connectivity index (χ2v) is 10.1. The van der Waals surface area contributed by atoms with E-state index in [1.807, 2.05) is 0 Å². The zero-order valence-electron chi connectivity index (χ0n) is 20.9. The second kappa shape index (κ2) is 13.0. The molecule has 0 bridgehead atoms. The zero-order valence-corrected chi connectivity index (χ0v) is 20.9. The molecule has 0 aromatic heterocycles. The molecule has 1 aliphatic heterocycles. The fourth-order valence-corrected chi connectivity index (χ4v) is 3.90. The lowest BCUT2D eigenvalue weighted by Crippen LogP contribution is -2.38. The number of aliphatic hydroxyl groups excluding tert-OH is 1. The molecule has 6 heteroatoms. The summed E-state index contributed by atoms with van der Waals surface area (Å²) in [6, 6.07) is 5.11. The fraction of sp³-hybridized carbons (Fsp3) is 0.704. The number of aliphatic hydroxyl groups is 1. The molecular weight excluding hydrogens is 420 g/mol. The Morgan fingerprint density at radius 1 is 1.00 bits per heavy atom. The van der Waals surface area contributed by atoms with Crippen LogP contribution in [-0.4, -0.2) is 36.9 Å². The van der Waals surface area contributed by atoms with Gasteiger partial charge in [0.1, 0.15) is 12.4 Å². The van der Waals surface area contributed by atoms with E-state index in [9.17, 15) is 14.7 Å². The molecular formula is C27H42O6. The molecule has 0 saturated heterocycles. The molecule has 1 N–H and O–H groups in total. The van der Waals surface area contributed by atoms with Gasteiger partial charge >= 0.3 is 11.9 Å². The first-order chi connectivity index (χ1) is 15.7. The van der Waals surface area contributed by atoms with Crippen LogP contribution in [-0.2, 0) is 19.9 Å². The van der Waals surface area contributed by atoms with Crippen molar-refractivity contribution in [3.63, 3.8) is 0 Å². The summed E-state index contributed by atoms with van der Waals surface area (Å²) in [5.41, 5.74) is -1.23. The maximum Gasteiger partial charge on any atom is 0.339 e. The number of fused-ring (bicyclic) bond motifs is 1. The minimum Gasteiger partial charge on any atom is -0.494 e. The van der Waals surface area contributed by atoms with Gasteiger partial charge in [-0.25, -0.2) is 4.79 Å². The molecule has 186 valence electrons. The molecule has 0 radical (unpaired) electrons. The summed E-state index contributed by atoms with van der Waals surface area (Å²) in [5, 5.41) is 10.1. The van der Waals surface area contributed by atoms with Gasteiger partial charge in [-0.05, 0) is 45.4 Å². The van der Waals surface area contributed by atoms with Gasteiger partial charge in [0, 0.05) is 5.56 Å². The van der Waals surface area contributed by atoms with Crippen LogP contribution in [0.2, 0.25) is 0 Å². The summed E-state index contributed by atoms with van der Waals surface area (Å²) < 4.78 is 16.8. The highest BCUT2D eigenvalue weighted by atomic mass is 16.6. The molecule has 1 aromatic rings. The molecule has 0 aliphatic carbocycles. The van der Waals surface area contributed by atoms with E-state index >= 15 is 0 Å². The van der Waals surface area contributed by atoms with Gasteiger partial charge in [-0.3, -0.25) is 4.79 Å². The standard InChI is InChI=1S/C27H42O6/c1-5-6-7-8-9-10-11-12-13-14-17-31-21-15-16-22-23(18-21)27(19-28,33-24(22)29)20-32-25(30)26(2,3)4/h15-16,18,28H,5-14,17,19-20H2,1-4H3/t27-/m1/s1. The molecule has 0 saturated carbocycles. The van der Waals surface area contributed by atoms with Crippen LogP contribution in [0.25, 0.3) is 0 Å². The van der Waals surface area contributed by atoms with E-state index in [-0.39, 0.29) is 6.61 Å². The maximum atomic E-state index is 12.3. The Hall–Kier alpha value is -2.08. The van der Waals surface area contributed by atoms with Crippen LogP contribution in [0.1, 0.15) is 108 Å². The quantitative estimate of drug-likeness (QED) is 0.257. The van der Waals surface area contributed by atoms with Crippen molar-refractivity contribution in [1.29, 1.82) is 0 Å². The van der Waals surface area contributed by atoms with Crippen LogP contribution in [0.15, 0.2) is 18.2 Å². The number of esters is 2. The Balaban J connectivity index is 1.83. The zero-order chi connectivity index (χ0) is 24.3. The van der Waals surface area contributed by atoms with E-state index in [4.69, 9.17) is 14.2 Å². The predicted molar refractivity (Wildman–Crippen MR) is 128 cm³/mol. The van der Waals surface area contributed by atoms with E-state index in [0.29, 0.717) is 23.5 Å². The van der Waals surface area contributed by atoms with Crippen molar-refractivity contribution in [2.45, 2.75) is 97.5 Å². The third kappa shape index (κ3) is 8.02. The minimum atomic E-state index is -1.40. The van der Waals surface area contributed by atoms with Crippen molar-refractivity contribution < 1.29 is 28.9 Å². The van der Waals surface area contributed by atoms with Crippen LogP contribution in [0.5, 0.6) is 5.75 Å². The average molecular weight is 463 g/mol. The molecule has 1 atom stereocenters. The third-order valence-electron chi connectivity index (χ3n) is 6.06. The number of carbonyl (C=O) groups is 2. The summed E-state index contributed by atoms with van der Waals surface area (Å²) in [4.78, 5) is 24.5. The van der Waals surface area contributed by atoms with E-state index in [2.05, 4.69) is 6.92 Å². The fourth-order valence-electron chi connectivity index (χ4n) is 3.90. The average Bonchev–Trinajstić information content (AvgIpc) is 3.06. The number of rotatable bonds is 15. The van der Waals surface area contributed by atoms with E-state index in [0.717, 1.165) is 12.8 Å². The molecule has 0 fully saturated rings. The molecule has 1 heterocycles. The molecule has 0 amide bonds. The summed E-state index contributed by atoms with van der Waals surface area (Å²) in [7, 11) is 0. The normalized spacial score (nSPS) is 17.5. The number of cyclic esters (lactones) is 1. The van der Waals surface area contributed by atoms with E-state index in [1.54, 1.807) is 39.0 Å². The lowest BCUT2D eigenvalue weighted by molar-refractivity contribution is -0.163. The Morgan fingerprint density at radius 3 is 2.18 bits per heavy atom. The van der Waals surface area contributed by atoms with Crippen molar-refractivity contribution in [2.24, 2.45) is 5.41 Å². The van der Waals surface area contributed by atoms with Crippen LogP contribution >= 0.6 is 0 Å². The van der Waals surface area contributed by atoms with Gasteiger partial charge in [-0.2, -0.15) is 0 Å². The lowest BCUT2D eigenvalue weighted by atomic mass is 9.93. The summed E-state index contributed by atoms with van der Waals surface area (Å²) in [6.07, 6.45) is 12.6. The van der Waals surface area contributed by atoms with Crippen LogP contribution in [0.4, 0.5) is 0 Å². The van der Waals surface area contributed by atoms with E-state index in [1.165, 1.54) is 51.4 Å². The largest absolute Gasteiger partial charge is 0.494 e. The smallest absolute Gasteiger partial charge is 0.339 e. The van der Waals surface area contributed by atoms with Crippen molar-refractivity contribution in [3.05, 3.63) is 29.3 Å². The molecule has 6 nitrogen and oxygen atoms in total. The Bertz CT molecular complexity index is 766. The number of unbranched alkanes of at least 4 members (excludes halogenated alkanes) is 9. The highest BCUT2D eigenvalue weighted by Crippen LogP contribution is 2.39. The van der Waals surface area contributed by atoms with Crippen molar-refractivity contribution in [3.8, 4) is 5.75 Å². The number of benzene rings is 1. The van der Waals surface area contributed by atoms with Crippen LogP contribution in [0, 0.1) is 5.41 Å². The first kappa shape index (κ1) is 27.2. The number of carbonyl (C=O) groups excluding carboxylic acids is 2. The predicted octanol–water partition coefficient (Wildman–Crippen LogP) is 5.93. The third-order valence-corrected chi connectivity index (χ3v) is 6.06. The Kier molecular flexibility index (Phi) is 10.7. The van der Waals surface area contributed by atoms with Crippen LogP contribution in [0.3, 0.4) is 0 Å². The number of ether oxygens (including phenoxy) is 3. The first-order valence-corrected chi connectivity index (χ1v) is 12.5. The van der Waals surface area contributed by atoms with Crippen molar-refractivity contribution in [2.75, 3.05) is 19.8 Å². The Morgan fingerprint density at radius 2 is 1.61 bits per heavy atom. The van der Waals surface area contributed by atoms with Gasteiger partial charge in [-0.1, -0.05) is 64.7 Å². The van der Waals surface area contributed by atoms with Gasteiger partial charge in [0.2, 0.25) is 0 Å². The SMILES string of the molecule is CCCCCCCCCCCCOc1ccc2c(c1)[C@@](CO)(COC(=O)C(C)(C)C)OC2=O. The number of hydrogen-bond donors (Lipinski definition) is 1. The molecule has 33 heavy (non-hydrogen) atoms. The first-order valence-electron chi connectivity index (χ1n) is 12.5. The second-order valence-electron chi connectivity index (χ2n) is 10.1. The van der Waals surface area contributed by atoms with Gasteiger partial charge in [0.05, 0.1) is 24.2 Å². The number of hydrogen-bond acceptors (Lipinski definition) is 6. The van der Waals surface area contributed by atoms with Gasteiger partial charge in [0.25, 0.3) is 0 Å². The minimum absolute atomic E-state index is 0.236. The van der Waals surface area contributed by atoms with Gasteiger partial charge in [-0.15, -0.1) is 0 Å². The summed E-state index contributed by atoms with van der Waals surface area (Å²) in [6.45, 7) is 7.35. The van der Waals surface area contributed by atoms with Crippen LogP contribution < -0.4 is 4.74 Å². The Labute approximate surface area is 199 Å². The molecule has 0 unspecified atom stereocenters. The van der Waals surface area contributed by atoms with Gasteiger partial charge < -0.3 is 19.3 Å².